The van der Waals surface area contributed by atoms with Gasteiger partial charge in [-0.2, -0.15) is 0 Å². The molecule has 1 amide bonds. The average Bonchev–Trinajstić information content (AvgIpc) is 2.50. The van der Waals surface area contributed by atoms with Crippen LogP contribution in [0.2, 0.25) is 0 Å². The predicted octanol–water partition coefficient (Wildman–Crippen LogP) is 2.71. The van der Waals surface area contributed by atoms with Crippen LogP contribution in [0, 0.1) is 5.92 Å². The van der Waals surface area contributed by atoms with Crippen LogP contribution in [0.5, 0.6) is 0 Å². The lowest BCUT2D eigenvalue weighted by Gasteiger charge is -2.37. The number of rotatable bonds is 5. The zero-order chi connectivity index (χ0) is 19.6. The van der Waals surface area contributed by atoms with Gasteiger partial charge in [-0.25, -0.2) is 13.1 Å². The van der Waals surface area contributed by atoms with Crippen LogP contribution in [0.3, 0.4) is 0 Å². The Morgan fingerprint density at radius 3 is 2.48 bits per heavy atom. The summed E-state index contributed by atoms with van der Waals surface area (Å²) in [6.45, 7) is 7.45. The molecule has 8 heteroatoms. The van der Waals surface area contributed by atoms with Gasteiger partial charge in [0.05, 0.1) is 10.8 Å². The van der Waals surface area contributed by atoms with Gasteiger partial charge in [-0.1, -0.05) is 31.0 Å². The van der Waals surface area contributed by atoms with Crippen molar-refractivity contribution < 1.29 is 13.2 Å². The number of benzene rings is 1. The largest absolute Gasteiger partial charge is 0.352 e. The van der Waals surface area contributed by atoms with Crippen LogP contribution < -0.4 is 15.8 Å². The molecular formula is C19H32ClN3O3S. The van der Waals surface area contributed by atoms with E-state index in [4.69, 9.17) is 5.73 Å². The van der Waals surface area contributed by atoms with E-state index in [0.717, 1.165) is 25.7 Å². The fraction of sp³-hybridized carbons (Fsp3) is 0.632. The van der Waals surface area contributed by atoms with Crippen molar-refractivity contribution in [3.8, 4) is 0 Å². The van der Waals surface area contributed by atoms with Crippen LogP contribution >= 0.6 is 12.4 Å². The number of halogens is 1. The van der Waals surface area contributed by atoms with Gasteiger partial charge < -0.3 is 11.1 Å². The van der Waals surface area contributed by atoms with Gasteiger partial charge in [0.2, 0.25) is 15.9 Å². The van der Waals surface area contributed by atoms with Crippen molar-refractivity contribution >= 4 is 28.3 Å². The molecule has 1 aromatic rings. The van der Waals surface area contributed by atoms with Crippen molar-refractivity contribution in [1.82, 2.24) is 10.0 Å². The van der Waals surface area contributed by atoms with Crippen LogP contribution in [0.1, 0.15) is 58.9 Å². The summed E-state index contributed by atoms with van der Waals surface area (Å²) in [6.07, 6.45) is 3.62. The highest BCUT2D eigenvalue weighted by molar-refractivity contribution is 7.89. The minimum atomic E-state index is -3.67. The Bertz CT molecular complexity index is 758. The topological polar surface area (TPSA) is 101 Å². The highest BCUT2D eigenvalue weighted by atomic mass is 35.5. The number of sulfonamides is 1. The first-order valence-corrected chi connectivity index (χ1v) is 10.6. The first-order valence-electron chi connectivity index (χ1n) is 9.11. The smallest absolute Gasteiger partial charge is 0.241 e. The summed E-state index contributed by atoms with van der Waals surface area (Å²) in [5.74, 6) is -0.349. The Balaban J connectivity index is 0.00000364. The summed E-state index contributed by atoms with van der Waals surface area (Å²) in [7, 11) is -3.67. The fourth-order valence-electron chi connectivity index (χ4n) is 3.46. The summed E-state index contributed by atoms with van der Waals surface area (Å²) in [5.41, 5.74) is 5.76. The number of nitrogens with one attached hydrogen (secondary N) is 2. The van der Waals surface area contributed by atoms with Crippen LogP contribution in [-0.2, 0) is 21.4 Å². The summed E-state index contributed by atoms with van der Waals surface area (Å²) in [5, 5.41) is 2.89. The van der Waals surface area contributed by atoms with Crippen molar-refractivity contribution in [2.75, 3.05) is 0 Å². The van der Waals surface area contributed by atoms with Crippen molar-refractivity contribution in [1.29, 1.82) is 0 Å². The van der Waals surface area contributed by atoms with Gasteiger partial charge in [0, 0.05) is 17.6 Å². The van der Waals surface area contributed by atoms with E-state index >= 15 is 0 Å². The molecule has 2 rings (SSSR count). The van der Waals surface area contributed by atoms with E-state index < -0.39 is 21.1 Å². The Labute approximate surface area is 169 Å². The highest BCUT2D eigenvalue weighted by Crippen LogP contribution is 2.31. The molecule has 0 spiro atoms. The standard InChI is InChI=1S/C19H31N3O3S.ClH/c1-18(2,3)22-26(24,25)16-11-6-5-9-14(16)13-21-17(23)15-10-7-8-12-19(15,4)20;/h5-6,9,11,15,22H,7-8,10,12-13,20H2,1-4H3,(H,21,23);1H. The highest BCUT2D eigenvalue weighted by Gasteiger charge is 2.37. The van der Waals surface area contributed by atoms with Gasteiger partial charge in [-0.3, -0.25) is 4.79 Å². The number of nitrogens with two attached hydrogens (primary N) is 1. The molecule has 0 aromatic heterocycles. The third-order valence-electron chi connectivity index (χ3n) is 4.73. The molecule has 1 aliphatic rings. The predicted molar refractivity (Wildman–Crippen MR) is 110 cm³/mol. The minimum absolute atomic E-state index is 0. The van der Waals surface area contributed by atoms with E-state index in [-0.39, 0.29) is 35.7 Å². The minimum Gasteiger partial charge on any atom is -0.352 e. The molecular weight excluding hydrogens is 386 g/mol. The van der Waals surface area contributed by atoms with E-state index in [1.54, 1.807) is 45.0 Å². The first-order chi connectivity index (χ1) is 11.9. The zero-order valence-electron chi connectivity index (χ0n) is 16.5. The quantitative estimate of drug-likeness (QED) is 0.685. The summed E-state index contributed by atoms with van der Waals surface area (Å²) in [4.78, 5) is 12.8. The second-order valence-electron chi connectivity index (χ2n) is 8.49. The van der Waals surface area contributed by atoms with Crippen LogP contribution in [0.15, 0.2) is 29.2 Å². The second kappa shape index (κ2) is 8.90. The maximum Gasteiger partial charge on any atom is 0.241 e. The van der Waals surface area contributed by atoms with Crippen LogP contribution in [0.25, 0.3) is 0 Å². The zero-order valence-corrected chi connectivity index (χ0v) is 18.2. The molecule has 2 atom stereocenters. The van der Waals surface area contributed by atoms with Gasteiger partial charge in [0.1, 0.15) is 0 Å². The SMILES string of the molecule is CC(C)(C)NS(=O)(=O)c1ccccc1CNC(=O)C1CCCCC1(C)N.Cl. The van der Waals surface area contributed by atoms with E-state index in [1.807, 2.05) is 6.92 Å². The van der Waals surface area contributed by atoms with E-state index in [1.165, 1.54) is 0 Å². The van der Waals surface area contributed by atoms with Gasteiger partial charge in [-0.05, 0) is 52.2 Å². The van der Waals surface area contributed by atoms with Crippen LogP contribution in [-0.4, -0.2) is 25.4 Å². The summed E-state index contributed by atoms with van der Waals surface area (Å²) >= 11 is 0. The van der Waals surface area contributed by atoms with Gasteiger partial charge >= 0.3 is 0 Å². The van der Waals surface area contributed by atoms with E-state index in [0.29, 0.717) is 5.56 Å². The Morgan fingerprint density at radius 1 is 1.26 bits per heavy atom. The summed E-state index contributed by atoms with van der Waals surface area (Å²) in [6, 6.07) is 6.73. The average molecular weight is 418 g/mol. The van der Waals surface area contributed by atoms with Crippen LogP contribution in [0.4, 0.5) is 0 Å². The third-order valence-corrected chi connectivity index (χ3v) is 6.58. The number of hydrogen-bond acceptors (Lipinski definition) is 4. The molecule has 6 nitrogen and oxygen atoms in total. The molecule has 1 aliphatic carbocycles. The van der Waals surface area contributed by atoms with Gasteiger partial charge in [0.25, 0.3) is 0 Å². The maximum atomic E-state index is 12.7. The second-order valence-corrected chi connectivity index (χ2v) is 10.1. The molecule has 0 saturated heterocycles. The van der Waals surface area contributed by atoms with Crippen molar-refractivity contribution in [2.24, 2.45) is 11.7 Å². The normalized spacial score (nSPS) is 23.4. The molecule has 0 heterocycles. The molecule has 0 bridgehead atoms. The molecule has 27 heavy (non-hydrogen) atoms. The third kappa shape index (κ3) is 6.45. The number of carbonyl (C=O) groups is 1. The molecule has 1 aromatic carbocycles. The number of hydrogen-bond donors (Lipinski definition) is 3. The fourth-order valence-corrected chi connectivity index (χ4v) is 5.12. The van der Waals surface area contributed by atoms with E-state index in [9.17, 15) is 13.2 Å². The Morgan fingerprint density at radius 2 is 1.89 bits per heavy atom. The lowest BCUT2D eigenvalue weighted by Crippen LogP contribution is -2.52. The van der Waals surface area contributed by atoms with Crippen molar-refractivity contribution in [2.45, 2.75) is 75.9 Å². The first kappa shape index (κ1) is 23.9. The number of amides is 1. The lowest BCUT2D eigenvalue weighted by molar-refractivity contribution is -0.128. The van der Waals surface area contributed by atoms with E-state index in [2.05, 4.69) is 10.0 Å². The van der Waals surface area contributed by atoms with Gasteiger partial charge in [0.15, 0.2) is 0 Å². The maximum absolute atomic E-state index is 12.7. The Kier molecular flexibility index (Phi) is 7.88. The Hall–Kier alpha value is -1.15. The van der Waals surface area contributed by atoms with Gasteiger partial charge in [-0.15, -0.1) is 12.4 Å². The molecule has 0 aliphatic heterocycles. The number of carbonyl (C=O) groups excluding carboxylic acids is 1. The summed E-state index contributed by atoms with van der Waals surface area (Å²) < 4.78 is 28.0. The molecule has 4 N–H and O–H groups in total. The molecule has 1 fully saturated rings. The monoisotopic (exact) mass is 417 g/mol. The molecule has 154 valence electrons. The van der Waals surface area contributed by atoms with Crippen molar-refractivity contribution in [3.05, 3.63) is 29.8 Å². The van der Waals surface area contributed by atoms with Crippen molar-refractivity contribution in [3.63, 3.8) is 0 Å². The molecule has 0 radical (unpaired) electrons. The molecule has 2 unspecified atom stereocenters. The lowest BCUT2D eigenvalue weighted by atomic mass is 9.74. The molecule has 1 saturated carbocycles.